The van der Waals surface area contributed by atoms with Crippen molar-refractivity contribution in [2.45, 2.75) is 25.1 Å². The van der Waals surface area contributed by atoms with E-state index in [1.54, 1.807) is 12.1 Å². The molecule has 2 atom stereocenters. The first-order chi connectivity index (χ1) is 16.7. The van der Waals surface area contributed by atoms with Crippen molar-refractivity contribution < 1.29 is 14.3 Å². The molecule has 6 nitrogen and oxygen atoms in total. The molecule has 34 heavy (non-hydrogen) atoms. The molecule has 0 radical (unpaired) electrons. The minimum absolute atomic E-state index is 0.0939. The van der Waals surface area contributed by atoms with Gasteiger partial charge in [-0.05, 0) is 23.3 Å². The van der Waals surface area contributed by atoms with E-state index in [0.29, 0.717) is 25.1 Å². The van der Waals surface area contributed by atoms with Gasteiger partial charge in [-0.2, -0.15) is 0 Å². The summed E-state index contributed by atoms with van der Waals surface area (Å²) in [4.78, 5) is 28.2. The Labute approximate surface area is 200 Å². The van der Waals surface area contributed by atoms with Gasteiger partial charge in [-0.15, -0.1) is 0 Å². The summed E-state index contributed by atoms with van der Waals surface area (Å²) in [5.41, 5.74) is 2.78. The van der Waals surface area contributed by atoms with Crippen LogP contribution in [0.1, 0.15) is 21.5 Å². The number of ether oxygens (including phenoxy) is 1. The molecule has 0 aliphatic carbocycles. The number of amides is 2. The standard InChI is InChI=1S/C28H31N3O3/c32-27(24-14-8-3-9-15-24)30-26(18-22-10-4-1-5-11-22)28(33)29-19-25-21-31(16-17-34-25)20-23-12-6-2-7-13-23/h1-15,25-26H,16-21H2,(H,29,33)(H,30,32)/t25-,26-/m1/s1. The van der Waals surface area contributed by atoms with Gasteiger partial charge >= 0.3 is 0 Å². The summed E-state index contributed by atoms with van der Waals surface area (Å²) in [5, 5.41) is 5.92. The lowest BCUT2D eigenvalue weighted by molar-refractivity contribution is -0.124. The van der Waals surface area contributed by atoms with Gasteiger partial charge in [0.2, 0.25) is 5.91 Å². The molecule has 2 N–H and O–H groups in total. The average molecular weight is 458 g/mol. The molecule has 6 heteroatoms. The van der Waals surface area contributed by atoms with Crippen LogP contribution in [0, 0.1) is 0 Å². The smallest absolute Gasteiger partial charge is 0.251 e. The van der Waals surface area contributed by atoms with Crippen LogP contribution in [-0.2, 0) is 22.5 Å². The van der Waals surface area contributed by atoms with E-state index < -0.39 is 6.04 Å². The van der Waals surface area contributed by atoms with E-state index in [9.17, 15) is 9.59 Å². The predicted molar refractivity (Wildman–Crippen MR) is 132 cm³/mol. The van der Waals surface area contributed by atoms with Crippen LogP contribution in [0.2, 0.25) is 0 Å². The average Bonchev–Trinajstić information content (AvgIpc) is 2.89. The number of carbonyl (C=O) groups excluding carboxylic acids is 2. The van der Waals surface area contributed by atoms with Crippen molar-refractivity contribution in [2.24, 2.45) is 0 Å². The SMILES string of the molecule is O=C(N[C@H](Cc1ccccc1)C(=O)NC[C@@H]1CN(Cc2ccccc2)CCO1)c1ccccc1. The molecule has 0 unspecified atom stereocenters. The zero-order chi connectivity index (χ0) is 23.6. The molecule has 1 saturated heterocycles. The Morgan fingerprint density at radius 2 is 1.50 bits per heavy atom. The van der Waals surface area contributed by atoms with Gasteiger partial charge in [-0.25, -0.2) is 0 Å². The molecular weight excluding hydrogens is 426 g/mol. The molecule has 3 aromatic rings. The molecule has 1 aliphatic heterocycles. The Kier molecular flexibility index (Phi) is 8.43. The van der Waals surface area contributed by atoms with Crippen LogP contribution in [0.15, 0.2) is 91.0 Å². The summed E-state index contributed by atoms with van der Waals surface area (Å²) in [6.45, 7) is 3.50. The Hall–Kier alpha value is -3.48. The topological polar surface area (TPSA) is 70.7 Å². The summed E-state index contributed by atoms with van der Waals surface area (Å²) in [6, 6.07) is 28.3. The highest BCUT2D eigenvalue weighted by atomic mass is 16.5. The minimum atomic E-state index is -0.681. The monoisotopic (exact) mass is 457 g/mol. The Morgan fingerprint density at radius 3 is 2.18 bits per heavy atom. The quantitative estimate of drug-likeness (QED) is 0.518. The molecule has 4 rings (SSSR count). The van der Waals surface area contributed by atoms with Crippen molar-refractivity contribution in [3.8, 4) is 0 Å². The molecule has 3 aromatic carbocycles. The van der Waals surface area contributed by atoms with E-state index in [4.69, 9.17) is 4.74 Å². The molecular formula is C28H31N3O3. The summed E-state index contributed by atoms with van der Waals surface area (Å²) >= 11 is 0. The molecule has 1 aliphatic rings. The Bertz CT molecular complexity index is 1040. The van der Waals surface area contributed by atoms with Crippen molar-refractivity contribution >= 4 is 11.8 Å². The number of rotatable bonds is 9. The van der Waals surface area contributed by atoms with Crippen LogP contribution in [-0.4, -0.2) is 55.1 Å². The zero-order valence-electron chi connectivity index (χ0n) is 19.2. The second-order valence-corrected chi connectivity index (χ2v) is 8.54. The predicted octanol–water partition coefficient (Wildman–Crippen LogP) is 3.04. The van der Waals surface area contributed by atoms with Gasteiger partial charge < -0.3 is 15.4 Å². The zero-order valence-corrected chi connectivity index (χ0v) is 19.2. The fourth-order valence-electron chi connectivity index (χ4n) is 4.12. The summed E-state index contributed by atoms with van der Waals surface area (Å²) in [7, 11) is 0. The lowest BCUT2D eigenvalue weighted by atomic mass is 10.0. The van der Waals surface area contributed by atoms with E-state index in [1.807, 2.05) is 66.7 Å². The third-order valence-corrected chi connectivity index (χ3v) is 5.92. The normalized spacial score (nSPS) is 17.0. The Morgan fingerprint density at radius 1 is 0.882 bits per heavy atom. The summed E-state index contributed by atoms with van der Waals surface area (Å²) < 4.78 is 5.90. The summed E-state index contributed by atoms with van der Waals surface area (Å²) in [5.74, 6) is -0.475. The van der Waals surface area contributed by atoms with Gasteiger partial charge in [-0.1, -0.05) is 78.9 Å². The number of benzene rings is 3. The first-order valence-electron chi connectivity index (χ1n) is 11.7. The fraction of sp³-hybridized carbons (Fsp3) is 0.286. The van der Waals surface area contributed by atoms with Crippen LogP contribution >= 0.6 is 0 Å². The van der Waals surface area contributed by atoms with Gasteiger partial charge in [0.05, 0.1) is 12.7 Å². The van der Waals surface area contributed by atoms with Crippen LogP contribution in [0.4, 0.5) is 0 Å². The Balaban J connectivity index is 1.35. The lowest BCUT2D eigenvalue weighted by Crippen LogP contribution is -2.52. The molecule has 0 saturated carbocycles. The minimum Gasteiger partial charge on any atom is -0.374 e. The van der Waals surface area contributed by atoms with Crippen molar-refractivity contribution in [1.82, 2.24) is 15.5 Å². The van der Waals surface area contributed by atoms with Crippen molar-refractivity contribution in [3.05, 3.63) is 108 Å². The van der Waals surface area contributed by atoms with Crippen LogP contribution < -0.4 is 10.6 Å². The van der Waals surface area contributed by atoms with E-state index >= 15 is 0 Å². The first kappa shape index (κ1) is 23.7. The lowest BCUT2D eigenvalue weighted by Gasteiger charge is -2.33. The van der Waals surface area contributed by atoms with Crippen molar-refractivity contribution in [1.29, 1.82) is 0 Å². The number of hydrogen-bond donors (Lipinski definition) is 2. The van der Waals surface area contributed by atoms with E-state index in [0.717, 1.165) is 25.2 Å². The third-order valence-electron chi connectivity index (χ3n) is 5.92. The van der Waals surface area contributed by atoms with Gasteiger partial charge in [0.15, 0.2) is 0 Å². The van der Waals surface area contributed by atoms with Crippen LogP contribution in [0.3, 0.4) is 0 Å². The second kappa shape index (κ2) is 12.1. The maximum Gasteiger partial charge on any atom is 0.251 e. The van der Waals surface area contributed by atoms with E-state index in [-0.39, 0.29) is 17.9 Å². The molecule has 176 valence electrons. The molecule has 1 fully saturated rings. The molecule has 0 bridgehead atoms. The van der Waals surface area contributed by atoms with Gasteiger partial charge in [-0.3, -0.25) is 14.5 Å². The fourth-order valence-corrected chi connectivity index (χ4v) is 4.12. The van der Waals surface area contributed by atoms with E-state index in [2.05, 4.69) is 27.7 Å². The van der Waals surface area contributed by atoms with E-state index in [1.165, 1.54) is 5.56 Å². The van der Waals surface area contributed by atoms with Gasteiger partial charge in [0.25, 0.3) is 5.91 Å². The maximum atomic E-state index is 13.1. The second-order valence-electron chi connectivity index (χ2n) is 8.54. The van der Waals surface area contributed by atoms with Gasteiger partial charge in [0.1, 0.15) is 6.04 Å². The van der Waals surface area contributed by atoms with Crippen LogP contribution in [0.5, 0.6) is 0 Å². The largest absolute Gasteiger partial charge is 0.374 e. The molecule has 1 heterocycles. The molecule has 2 amide bonds. The number of nitrogens with zero attached hydrogens (tertiary/aromatic N) is 1. The highest BCUT2D eigenvalue weighted by Gasteiger charge is 2.25. The number of carbonyl (C=O) groups is 2. The first-order valence-corrected chi connectivity index (χ1v) is 11.7. The van der Waals surface area contributed by atoms with Crippen molar-refractivity contribution in [2.75, 3.05) is 26.2 Å². The van der Waals surface area contributed by atoms with Crippen LogP contribution in [0.25, 0.3) is 0 Å². The highest BCUT2D eigenvalue weighted by molar-refractivity contribution is 5.97. The number of hydrogen-bond acceptors (Lipinski definition) is 4. The third kappa shape index (κ3) is 7.01. The van der Waals surface area contributed by atoms with Crippen molar-refractivity contribution in [3.63, 3.8) is 0 Å². The maximum absolute atomic E-state index is 13.1. The molecule has 0 spiro atoms. The number of morpholine rings is 1. The molecule has 0 aromatic heterocycles. The summed E-state index contributed by atoms with van der Waals surface area (Å²) in [6.07, 6.45) is 0.320. The number of nitrogens with one attached hydrogen (secondary N) is 2. The highest BCUT2D eigenvalue weighted by Crippen LogP contribution is 2.11. The van der Waals surface area contributed by atoms with Gasteiger partial charge in [0, 0.05) is 38.2 Å².